The summed E-state index contributed by atoms with van der Waals surface area (Å²) in [6, 6.07) is 1.62. The third-order valence-electron chi connectivity index (χ3n) is 2.20. The Morgan fingerprint density at radius 1 is 1.40 bits per heavy atom. The van der Waals surface area contributed by atoms with Crippen molar-refractivity contribution in [3.8, 4) is 11.9 Å². The summed E-state index contributed by atoms with van der Waals surface area (Å²) < 4.78 is 0.154. The van der Waals surface area contributed by atoms with E-state index < -0.39 is 17.5 Å². The molecule has 15 heavy (non-hydrogen) atoms. The van der Waals surface area contributed by atoms with Gasteiger partial charge in [-0.05, 0) is 19.4 Å². The number of carbonyl (C=O) groups is 1. The van der Waals surface area contributed by atoms with Gasteiger partial charge in [0.15, 0.2) is 0 Å². The number of nitriles is 1. The van der Waals surface area contributed by atoms with Gasteiger partial charge in [-0.25, -0.2) is 4.79 Å². The number of aromatic hydroxyl groups is 1. The summed E-state index contributed by atoms with van der Waals surface area (Å²) in [5, 5.41) is 26.8. The molecule has 1 heterocycles. The fourth-order valence-corrected chi connectivity index (χ4v) is 1.20. The van der Waals surface area contributed by atoms with Crippen LogP contribution in [0.5, 0.6) is 5.88 Å². The molecular weight excluding hydrogens is 200 g/mol. The van der Waals surface area contributed by atoms with Gasteiger partial charge in [0, 0.05) is 5.56 Å². The van der Waals surface area contributed by atoms with Crippen LogP contribution in [0.1, 0.15) is 16.7 Å². The van der Waals surface area contributed by atoms with Crippen LogP contribution < -0.4 is 5.56 Å². The lowest BCUT2D eigenvalue weighted by Gasteiger charge is -2.09. The summed E-state index contributed by atoms with van der Waals surface area (Å²) in [6.07, 6.45) is -1.61. The zero-order valence-corrected chi connectivity index (χ0v) is 8.11. The van der Waals surface area contributed by atoms with Crippen molar-refractivity contribution >= 4 is 6.09 Å². The van der Waals surface area contributed by atoms with Crippen LogP contribution in [-0.2, 0) is 0 Å². The first-order valence-electron chi connectivity index (χ1n) is 4.00. The van der Waals surface area contributed by atoms with Crippen molar-refractivity contribution in [1.29, 1.82) is 5.26 Å². The Morgan fingerprint density at radius 3 is 2.33 bits per heavy atom. The van der Waals surface area contributed by atoms with E-state index in [2.05, 4.69) is 0 Å². The number of nitrogens with zero attached hydrogens (tertiary/aromatic N) is 2. The van der Waals surface area contributed by atoms with E-state index in [9.17, 15) is 14.7 Å². The Kier molecular flexibility index (Phi) is 2.49. The standard InChI is InChI=1S/C9H8N2O4/c1-4-5(2)7(12)11(9(14)15)8(13)6(4)3-10/h12H,1-2H3,(H,14,15). The van der Waals surface area contributed by atoms with Gasteiger partial charge in [-0.3, -0.25) is 4.79 Å². The molecular formula is C9H8N2O4. The predicted octanol–water partition coefficient (Wildman–Crippen LogP) is 0.569. The maximum absolute atomic E-state index is 11.4. The summed E-state index contributed by atoms with van der Waals surface area (Å²) in [6.45, 7) is 2.91. The summed E-state index contributed by atoms with van der Waals surface area (Å²) in [7, 11) is 0. The van der Waals surface area contributed by atoms with Crippen LogP contribution in [0.3, 0.4) is 0 Å². The van der Waals surface area contributed by atoms with E-state index in [1.807, 2.05) is 0 Å². The van der Waals surface area contributed by atoms with Crippen molar-refractivity contribution < 1.29 is 15.0 Å². The molecule has 0 aliphatic carbocycles. The van der Waals surface area contributed by atoms with Crippen LogP contribution in [0, 0.1) is 25.2 Å². The highest BCUT2D eigenvalue weighted by atomic mass is 16.4. The number of hydrogen-bond acceptors (Lipinski definition) is 4. The Balaban J connectivity index is 3.87. The molecule has 0 atom stereocenters. The van der Waals surface area contributed by atoms with Gasteiger partial charge in [0.1, 0.15) is 11.6 Å². The highest BCUT2D eigenvalue weighted by Gasteiger charge is 2.19. The SMILES string of the molecule is Cc1c(C)c(O)n(C(=O)O)c(=O)c1C#N. The van der Waals surface area contributed by atoms with Crippen LogP contribution >= 0.6 is 0 Å². The Labute approximate surface area is 84.6 Å². The summed E-state index contributed by atoms with van der Waals surface area (Å²) in [4.78, 5) is 22.1. The van der Waals surface area contributed by atoms with Gasteiger partial charge in [-0.15, -0.1) is 0 Å². The van der Waals surface area contributed by atoms with Gasteiger partial charge < -0.3 is 10.2 Å². The number of rotatable bonds is 0. The highest BCUT2D eigenvalue weighted by Crippen LogP contribution is 2.19. The summed E-state index contributed by atoms with van der Waals surface area (Å²) in [5.74, 6) is -0.649. The van der Waals surface area contributed by atoms with Gasteiger partial charge in [-0.2, -0.15) is 9.83 Å². The van der Waals surface area contributed by atoms with Crippen molar-refractivity contribution in [2.45, 2.75) is 13.8 Å². The maximum atomic E-state index is 11.4. The van der Waals surface area contributed by atoms with Crippen molar-refractivity contribution in [3.05, 3.63) is 27.0 Å². The van der Waals surface area contributed by atoms with Crippen LogP contribution in [0.25, 0.3) is 0 Å². The molecule has 2 N–H and O–H groups in total. The van der Waals surface area contributed by atoms with Crippen LogP contribution in [0.15, 0.2) is 4.79 Å². The van der Waals surface area contributed by atoms with Crippen LogP contribution in [0.4, 0.5) is 4.79 Å². The van der Waals surface area contributed by atoms with E-state index in [0.29, 0.717) is 0 Å². The molecule has 1 rings (SSSR count). The minimum atomic E-state index is -1.61. The minimum Gasteiger partial charge on any atom is -0.494 e. The molecule has 0 fully saturated rings. The van der Waals surface area contributed by atoms with E-state index >= 15 is 0 Å². The highest BCUT2D eigenvalue weighted by molar-refractivity contribution is 5.71. The molecule has 0 bridgehead atoms. The Morgan fingerprint density at radius 2 is 1.93 bits per heavy atom. The Hall–Kier alpha value is -2.29. The molecule has 6 nitrogen and oxygen atoms in total. The van der Waals surface area contributed by atoms with E-state index in [1.165, 1.54) is 13.8 Å². The predicted molar refractivity (Wildman–Crippen MR) is 50.0 cm³/mol. The topological polar surface area (TPSA) is 103 Å². The molecule has 1 aromatic rings. The molecule has 78 valence electrons. The third-order valence-corrected chi connectivity index (χ3v) is 2.20. The fraction of sp³-hybridized carbons (Fsp3) is 0.222. The molecule has 6 heteroatoms. The fourth-order valence-electron chi connectivity index (χ4n) is 1.20. The molecule has 1 aromatic heterocycles. The first-order valence-corrected chi connectivity index (χ1v) is 4.00. The van der Waals surface area contributed by atoms with Gasteiger partial charge in [0.25, 0.3) is 5.56 Å². The van der Waals surface area contributed by atoms with Crippen molar-refractivity contribution in [1.82, 2.24) is 4.57 Å². The molecule has 0 aliphatic rings. The normalized spacial score (nSPS) is 9.67. The zero-order chi connectivity index (χ0) is 11.7. The minimum absolute atomic E-state index is 0.154. The van der Waals surface area contributed by atoms with E-state index in [4.69, 9.17) is 10.4 Å². The second-order valence-electron chi connectivity index (χ2n) is 2.98. The van der Waals surface area contributed by atoms with Gasteiger partial charge in [0.2, 0.25) is 5.88 Å². The zero-order valence-electron chi connectivity index (χ0n) is 8.11. The quantitative estimate of drug-likeness (QED) is 0.648. The molecule has 0 saturated heterocycles. The van der Waals surface area contributed by atoms with Gasteiger partial charge in [0.05, 0.1) is 0 Å². The van der Waals surface area contributed by atoms with E-state index in [1.54, 1.807) is 6.07 Å². The van der Waals surface area contributed by atoms with E-state index in [-0.39, 0.29) is 21.3 Å². The van der Waals surface area contributed by atoms with Crippen molar-refractivity contribution in [2.75, 3.05) is 0 Å². The lowest BCUT2D eigenvalue weighted by molar-refractivity contribution is 0.191. The van der Waals surface area contributed by atoms with Gasteiger partial charge >= 0.3 is 6.09 Å². The van der Waals surface area contributed by atoms with E-state index in [0.717, 1.165) is 0 Å². The number of aromatic nitrogens is 1. The summed E-state index contributed by atoms with van der Waals surface area (Å²) >= 11 is 0. The smallest absolute Gasteiger partial charge is 0.421 e. The first-order chi connectivity index (χ1) is 6.91. The average molecular weight is 208 g/mol. The molecule has 0 aromatic carbocycles. The molecule has 0 unspecified atom stereocenters. The largest absolute Gasteiger partial charge is 0.494 e. The number of pyridine rings is 1. The third kappa shape index (κ3) is 1.44. The molecule has 0 amide bonds. The van der Waals surface area contributed by atoms with Crippen molar-refractivity contribution in [3.63, 3.8) is 0 Å². The van der Waals surface area contributed by atoms with Gasteiger partial charge in [-0.1, -0.05) is 0 Å². The summed E-state index contributed by atoms with van der Waals surface area (Å²) in [5.41, 5.74) is -0.802. The second-order valence-corrected chi connectivity index (χ2v) is 2.98. The molecule has 0 radical (unpaired) electrons. The second kappa shape index (κ2) is 3.46. The monoisotopic (exact) mass is 208 g/mol. The number of carboxylic acid groups (broad SMARTS) is 1. The van der Waals surface area contributed by atoms with Crippen LogP contribution in [-0.4, -0.2) is 20.9 Å². The van der Waals surface area contributed by atoms with Crippen molar-refractivity contribution in [2.24, 2.45) is 0 Å². The molecule has 0 aliphatic heterocycles. The first kappa shape index (κ1) is 10.8. The molecule has 0 saturated carbocycles. The Bertz CT molecular complexity index is 537. The number of hydrogen-bond donors (Lipinski definition) is 2. The average Bonchev–Trinajstić information content (AvgIpc) is 2.15. The van der Waals surface area contributed by atoms with Crippen LogP contribution in [0.2, 0.25) is 0 Å². The molecule has 0 spiro atoms. The lowest BCUT2D eigenvalue weighted by atomic mass is 10.1. The lowest BCUT2D eigenvalue weighted by Crippen LogP contribution is -2.29. The maximum Gasteiger partial charge on any atom is 0.421 e.